The summed E-state index contributed by atoms with van der Waals surface area (Å²) >= 11 is 0. The minimum absolute atomic E-state index is 0.0152. The number of hydrogen-bond donors (Lipinski definition) is 1. The summed E-state index contributed by atoms with van der Waals surface area (Å²) in [4.78, 5) is 0. The van der Waals surface area contributed by atoms with Crippen LogP contribution in [0.5, 0.6) is 0 Å². The normalized spacial score (nSPS) is 26.1. The van der Waals surface area contributed by atoms with Crippen LogP contribution in [0.25, 0.3) is 0 Å². The van der Waals surface area contributed by atoms with Gasteiger partial charge in [-0.05, 0) is 32.2 Å². The van der Waals surface area contributed by atoms with E-state index in [1.54, 1.807) is 0 Å². The molecule has 1 rings (SSSR count). The van der Waals surface area contributed by atoms with Crippen molar-refractivity contribution < 1.29 is 22.6 Å². The van der Waals surface area contributed by atoms with Crippen molar-refractivity contribution in [3.63, 3.8) is 0 Å². The molecule has 1 aliphatic rings. The Labute approximate surface area is 112 Å². The summed E-state index contributed by atoms with van der Waals surface area (Å²) in [6, 6.07) is 0. The van der Waals surface area contributed by atoms with Gasteiger partial charge in [-0.25, -0.2) is 0 Å². The lowest BCUT2D eigenvalue weighted by Crippen LogP contribution is -2.33. The third-order valence-electron chi connectivity index (χ3n) is 3.11. The highest BCUT2D eigenvalue weighted by molar-refractivity contribution is 4.76. The Morgan fingerprint density at radius 3 is 2.42 bits per heavy atom. The molecular weight excluding hydrogens is 259 g/mol. The number of hydrogen-bond acceptors (Lipinski definition) is 3. The van der Waals surface area contributed by atoms with Crippen LogP contribution in [0.1, 0.15) is 33.6 Å². The maximum absolute atomic E-state index is 12.3. The second kappa shape index (κ2) is 7.45. The van der Waals surface area contributed by atoms with Crippen molar-refractivity contribution in [1.29, 1.82) is 0 Å². The summed E-state index contributed by atoms with van der Waals surface area (Å²) in [5.74, 6) is 0.577. The summed E-state index contributed by atoms with van der Waals surface area (Å²) < 4.78 is 47.3. The second-order valence-electron chi connectivity index (χ2n) is 5.53. The largest absolute Gasteiger partial charge is 0.414 e. The molecule has 114 valence electrons. The van der Waals surface area contributed by atoms with E-state index in [2.05, 4.69) is 19.2 Å². The highest BCUT2D eigenvalue weighted by atomic mass is 19.4. The molecule has 3 unspecified atom stereocenters. The molecule has 0 amide bonds. The molecular formula is C13H24F3NO2. The van der Waals surface area contributed by atoms with E-state index in [0.717, 1.165) is 32.9 Å². The van der Waals surface area contributed by atoms with Gasteiger partial charge in [-0.1, -0.05) is 13.8 Å². The van der Waals surface area contributed by atoms with E-state index in [1.165, 1.54) is 0 Å². The third kappa shape index (κ3) is 6.58. The van der Waals surface area contributed by atoms with Gasteiger partial charge in [0.15, 0.2) is 6.10 Å². The summed E-state index contributed by atoms with van der Waals surface area (Å²) in [7, 11) is 0. The first-order valence-electron chi connectivity index (χ1n) is 6.83. The molecule has 1 aliphatic heterocycles. The molecule has 1 fully saturated rings. The molecule has 0 aromatic heterocycles. The Hall–Kier alpha value is -0.330. The van der Waals surface area contributed by atoms with Crippen molar-refractivity contribution in [2.75, 3.05) is 19.7 Å². The van der Waals surface area contributed by atoms with E-state index in [0.29, 0.717) is 5.92 Å². The molecule has 19 heavy (non-hydrogen) atoms. The van der Waals surface area contributed by atoms with Gasteiger partial charge in [0.2, 0.25) is 0 Å². The fourth-order valence-corrected chi connectivity index (χ4v) is 1.93. The average molecular weight is 283 g/mol. The molecule has 0 saturated carbocycles. The number of ether oxygens (including phenoxy) is 2. The van der Waals surface area contributed by atoms with E-state index >= 15 is 0 Å². The number of alkyl halides is 3. The van der Waals surface area contributed by atoms with E-state index in [9.17, 15) is 13.2 Å². The fraction of sp³-hybridized carbons (Fsp3) is 1.00. The minimum Gasteiger partial charge on any atom is -0.371 e. The van der Waals surface area contributed by atoms with Crippen molar-refractivity contribution in [3.8, 4) is 0 Å². The van der Waals surface area contributed by atoms with Crippen molar-refractivity contribution in [3.05, 3.63) is 0 Å². The lowest BCUT2D eigenvalue weighted by atomic mass is 10.2. The summed E-state index contributed by atoms with van der Waals surface area (Å²) in [6.07, 6.45) is -4.51. The quantitative estimate of drug-likeness (QED) is 0.779. The number of rotatable bonds is 7. The van der Waals surface area contributed by atoms with Crippen LogP contribution in [0.3, 0.4) is 0 Å². The van der Waals surface area contributed by atoms with Crippen molar-refractivity contribution in [1.82, 2.24) is 5.32 Å². The second-order valence-corrected chi connectivity index (χ2v) is 5.53. The minimum atomic E-state index is -4.29. The first kappa shape index (κ1) is 16.7. The van der Waals surface area contributed by atoms with Crippen LogP contribution in [0.2, 0.25) is 0 Å². The lowest BCUT2D eigenvalue weighted by molar-refractivity contribution is -0.220. The topological polar surface area (TPSA) is 30.5 Å². The van der Waals surface area contributed by atoms with Gasteiger partial charge in [0.25, 0.3) is 0 Å². The van der Waals surface area contributed by atoms with E-state index in [4.69, 9.17) is 9.47 Å². The van der Waals surface area contributed by atoms with Crippen LogP contribution in [-0.2, 0) is 9.47 Å². The third-order valence-corrected chi connectivity index (χ3v) is 3.11. The Kier molecular flexibility index (Phi) is 6.56. The zero-order valence-corrected chi connectivity index (χ0v) is 11.8. The Bertz CT molecular complexity index is 259. The molecule has 0 bridgehead atoms. The van der Waals surface area contributed by atoms with Crippen molar-refractivity contribution in [2.24, 2.45) is 5.92 Å². The fourth-order valence-electron chi connectivity index (χ4n) is 1.93. The maximum Gasteiger partial charge on any atom is 0.414 e. The van der Waals surface area contributed by atoms with Crippen LogP contribution >= 0.6 is 0 Å². The van der Waals surface area contributed by atoms with Crippen LogP contribution in [-0.4, -0.2) is 44.2 Å². The summed E-state index contributed by atoms with van der Waals surface area (Å²) in [5.41, 5.74) is 0. The van der Waals surface area contributed by atoms with E-state index < -0.39 is 12.3 Å². The smallest absolute Gasteiger partial charge is 0.371 e. The predicted molar refractivity (Wildman–Crippen MR) is 67.1 cm³/mol. The van der Waals surface area contributed by atoms with Crippen LogP contribution in [0.15, 0.2) is 0 Å². The molecule has 6 heteroatoms. The van der Waals surface area contributed by atoms with Crippen molar-refractivity contribution >= 4 is 0 Å². The van der Waals surface area contributed by atoms with Gasteiger partial charge in [0.05, 0.1) is 18.8 Å². The number of halogens is 3. The molecule has 1 saturated heterocycles. The lowest BCUT2D eigenvalue weighted by Gasteiger charge is -2.19. The average Bonchev–Trinajstić information content (AvgIpc) is 2.72. The zero-order chi connectivity index (χ0) is 14.5. The van der Waals surface area contributed by atoms with Crippen molar-refractivity contribution in [2.45, 2.75) is 58.1 Å². The molecule has 1 N–H and O–H groups in total. The molecule has 0 aromatic rings. The predicted octanol–water partition coefficient (Wildman–Crippen LogP) is 2.75. The SMILES string of the molecule is CC(C)CNCC1CCC(COC(C)C(F)(F)F)O1. The first-order chi connectivity index (χ1) is 8.79. The van der Waals surface area contributed by atoms with Gasteiger partial charge in [-0.3, -0.25) is 0 Å². The van der Waals surface area contributed by atoms with Gasteiger partial charge < -0.3 is 14.8 Å². The molecule has 1 heterocycles. The van der Waals surface area contributed by atoms with Crippen LogP contribution < -0.4 is 5.32 Å². The molecule has 0 spiro atoms. The molecule has 3 nitrogen and oxygen atoms in total. The zero-order valence-electron chi connectivity index (χ0n) is 11.8. The van der Waals surface area contributed by atoms with Gasteiger partial charge in [-0.15, -0.1) is 0 Å². The molecule has 3 atom stereocenters. The maximum atomic E-state index is 12.3. The standard InChI is InChI=1S/C13H24F3NO2/c1-9(2)6-17-7-11-4-5-12(19-11)8-18-10(3)13(14,15)16/h9-12,17H,4-8H2,1-3H3. The molecule has 0 aliphatic carbocycles. The van der Waals surface area contributed by atoms with Crippen LogP contribution in [0, 0.1) is 5.92 Å². The highest BCUT2D eigenvalue weighted by Gasteiger charge is 2.38. The van der Waals surface area contributed by atoms with Crippen LogP contribution in [0.4, 0.5) is 13.2 Å². The summed E-state index contributed by atoms with van der Waals surface area (Å²) in [6.45, 7) is 6.96. The number of nitrogens with one attached hydrogen (secondary N) is 1. The molecule has 0 aromatic carbocycles. The van der Waals surface area contributed by atoms with E-state index in [1.807, 2.05) is 0 Å². The van der Waals surface area contributed by atoms with Gasteiger partial charge in [0, 0.05) is 6.54 Å². The van der Waals surface area contributed by atoms with Gasteiger partial charge >= 0.3 is 6.18 Å². The van der Waals surface area contributed by atoms with Gasteiger partial charge in [0.1, 0.15) is 0 Å². The highest BCUT2D eigenvalue weighted by Crippen LogP contribution is 2.25. The summed E-state index contributed by atoms with van der Waals surface area (Å²) in [5, 5.41) is 3.29. The Balaban J connectivity index is 2.15. The molecule has 0 radical (unpaired) electrons. The Morgan fingerprint density at radius 1 is 1.21 bits per heavy atom. The first-order valence-corrected chi connectivity index (χ1v) is 6.83. The monoisotopic (exact) mass is 283 g/mol. The Morgan fingerprint density at radius 2 is 1.84 bits per heavy atom. The van der Waals surface area contributed by atoms with E-state index in [-0.39, 0.29) is 18.8 Å². The van der Waals surface area contributed by atoms with Gasteiger partial charge in [-0.2, -0.15) is 13.2 Å².